The summed E-state index contributed by atoms with van der Waals surface area (Å²) in [6, 6.07) is 11.1. The molecule has 0 spiro atoms. The lowest BCUT2D eigenvalue weighted by atomic mass is 9.83. The van der Waals surface area contributed by atoms with Gasteiger partial charge in [-0.25, -0.2) is 0 Å². The Balaban J connectivity index is 1.83. The van der Waals surface area contributed by atoms with Crippen molar-refractivity contribution < 1.29 is 0 Å². The van der Waals surface area contributed by atoms with Crippen LogP contribution in [0, 0.1) is 11.3 Å². The number of benzene rings is 1. The van der Waals surface area contributed by atoms with Gasteiger partial charge >= 0.3 is 0 Å². The molecule has 2 N–H and O–H groups in total. The molecule has 1 aliphatic rings. The molecule has 2 nitrogen and oxygen atoms in total. The summed E-state index contributed by atoms with van der Waals surface area (Å²) in [6.45, 7) is 10.3. The first kappa shape index (κ1) is 14.5. The third kappa shape index (κ3) is 4.63. The van der Waals surface area contributed by atoms with Crippen LogP contribution in [-0.4, -0.2) is 24.0 Å². The second-order valence-corrected chi connectivity index (χ2v) is 7.20. The van der Waals surface area contributed by atoms with Gasteiger partial charge in [0.15, 0.2) is 0 Å². The summed E-state index contributed by atoms with van der Waals surface area (Å²) in [6.07, 6.45) is 2.38. The van der Waals surface area contributed by atoms with Crippen molar-refractivity contribution in [3.05, 3.63) is 35.9 Å². The number of rotatable bonds is 4. The highest BCUT2D eigenvalue weighted by molar-refractivity contribution is 5.14. The summed E-state index contributed by atoms with van der Waals surface area (Å²) in [5.41, 5.74) is 8.14. The predicted molar refractivity (Wildman–Crippen MR) is 81.9 cm³/mol. The molecule has 0 amide bonds. The highest BCUT2D eigenvalue weighted by atomic mass is 15.1. The largest absolute Gasteiger partial charge is 0.327 e. The van der Waals surface area contributed by atoms with Crippen molar-refractivity contribution in [2.75, 3.05) is 13.1 Å². The fourth-order valence-electron chi connectivity index (χ4n) is 3.07. The highest BCUT2D eigenvalue weighted by Crippen LogP contribution is 2.28. The van der Waals surface area contributed by atoms with Crippen molar-refractivity contribution in [1.29, 1.82) is 0 Å². The molecule has 1 fully saturated rings. The second-order valence-electron chi connectivity index (χ2n) is 7.20. The molecule has 2 unspecified atom stereocenters. The molecule has 0 bridgehead atoms. The van der Waals surface area contributed by atoms with Crippen molar-refractivity contribution in [2.24, 2.45) is 17.1 Å². The van der Waals surface area contributed by atoms with Gasteiger partial charge in [-0.1, -0.05) is 51.1 Å². The fourth-order valence-corrected chi connectivity index (χ4v) is 3.07. The third-order valence-corrected chi connectivity index (χ3v) is 4.01. The molecule has 0 saturated carbocycles. The Morgan fingerprint density at radius 3 is 2.58 bits per heavy atom. The molecule has 0 aliphatic carbocycles. The maximum atomic E-state index is 6.39. The third-order valence-electron chi connectivity index (χ3n) is 4.01. The van der Waals surface area contributed by atoms with Gasteiger partial charge in [-0.3, -0.25) is 4.90 Å². The Morgan fingerprint density at radius 2 is 1.95 bits per heavy atom. The van der Waals surface area contributed by atoms with Crippen LogP contribution in [0.15, 0.2) is 30.3 Å². The number of nitrogens with zero attached hydrogens (tertiary/aromatic N) is 1. The standard InChI is InChI=1S/C17H28N2/c1-17(2,3)11-16(18)15-9-10-19(13-15)12-14-7-5-4-6-8-14/h4-8,15-16H,9-13,18H2,1-3H3. The van der Waals surface area contributed by atoms with E-state index >= 15 is 0 Å². The van der Waals surface area contributed by atoms with E-state index in [1.54, 1.807) is 0 Å². The number of hydrogen-bond donors (Lipinski definition) is 1. The summed E-state index contributed by atoms with van der Waals surface area (Å²) in [4.78, 5) is 2.54. The Labute approximate surface area is 118 Å². The van der Waals surface area contributed by atoms with Gasteiger partial charge in [0.2, 0.25) is 0 Å². The first-order valence-electron chi connectivity index (χ1n) is 7.46. The molecule has 2 rings (SSSR count). The van der Waals surface area contributed by atoms with E-state index in [0.717, 1.165) is 19.5 Å². The molecule has 1 heterocycles. The van der Waals surface area contributed by atoms with Gasteiger partial charge in [0.1, 0.15) is 0 Å². The zero-order valence-electron chi connectivity index (χ0n) is 12.6. The minimum absolute atomic E-state index is 0.340. The number of likely N-dealkylation sites (tertiary alicyclic amines) is 1. The van der Waals surface area contributed by atoms with Crippen LogP contribution in [0.1, 0.15) is 39.2 Å². The van der Waals surface area contributed by atoms with Crippen molar-refractivity contribution in [2.45, 2.75) is 46.2 Å². The molecule has 19 heavy (non-hydrogen) atoms. The van der Waals surface area contributed by atoms with Gasteiger partial charge in [0.25, 0.3) is 0 Å². The summed E-state index contributed by atoms with van der Waals surface area (Å²) < 4.78 is 0. The van der Waals surface area contributed by atoms with E-state index in [1.165, 1.54) is 18.5 Å². The quantitative estimate of drug-likeness (QED) is 0.900. The summed E-state index contributed by atoms with van der Waals surface area (Å²) in [5, 5.41) is 0. The zero-order valence-corrected chi connectivity index (χ0v) is 12.6. The first-order valence-corrected chi connectivity index (χ1v) is 7.46. The van der Waals surface area contributed by atoms with E-state index < -0.39 is 0 Å². The van der Waals surface area contributed by atoms with Crippen LogP contribution in [0.25, 0.3) is 0 Å². The minimum atomic E-state index is 0.340. The summed E-state index contributed by atoms with van der Waals surface area (Å²) >= 11 is 0. The maximum absolute atomic E-state index is 6.39. The van der Waals surface area contributed by atoms with Gasteiger partial charge in [-0.05, 0) is 36.3 Å². The fraction of sp³-hybridized carbons (Fsp3) is 0.647. The smallest absolute Gasteiger partial charge is 0.0233 e. The van der Waals surface area contributed by atoms with Crippen LogP contribution in [0.3, 0.4) is 0 Å². The van der Waals surface area contributed by atoms with E-state index in [-0.39, 0.29) is 0 Å². The van der Waals surface area contributed by atoms with Gasteiger partial charge in [-0.2, -0.15) is 0 Å². The molecule has 1 saturated heterocycles. The molecule has 1 aromatic rings. The van der Waals surface area contributed by atoms with Crippen LogP contribution in [-0.2, 0) is 6.54 Å². The lowest BCUT2D eigenvalue weighted by Gasteiger charge is -2.27. The van der Waals surface area contributed by atoms with E-state index in [2.05, 4.69) is 56.0 Å². The lowest BCUT2D eigenvalue weighted by Crippen LogP contribution is -2.35. The number of hydrogen-bond acceptors (Lipinski definition) is 2. The Kier molecular flexibility index (Phi) is 4.64. The lowest BCUT2D eigenvalue weighted by molar-refractivity contribution is 0.264. The number of nitrogens with two attached hydrogens (primary N) is 1. The summed E-state index contributed by atoms with van der Waals surface area (Å²) in [5.74, 6) is 0.669. The van der Waals surface area contributed by atoms with Crippen LogP contribution in [0.5, 0.6) is 0 Å². The van der Waals surface area contributed by atoms with E-state index in [0.29, 0.717) is 17.4 Å². The SMILES string of the molecule is CC(C)(C)CC(N)C1CCN(Cc2ccccc2)C1. The molecular weight excluding hydrogens is 232 g/mol. The second kappa shape index (κ2) is 6.06. The van der Waals surface area contributed by atoms with E-state index in [1.807, 2.05) is 0 Å². The average Bonchev–Trinajstić information content (AvgIpc) is 2.77. The molecule has 0 radical (unpaired) electrons. The topological polar surface area (TPSA) is 29.3 Å². The molecule has 2 heteroatoms. The average molecular weight is 260 g/mol. The van der Waals surface area contributed by atoms with Gasteiger partial charge in [0.05, 0.1) is 0 Å². The zero-order chi connectivity index (χ0) is 13.9. The molecule has 106 valence electrons. The minimum Gasteiger partial charge on any atom is -0.327 e. The van der Waals surface area contributed by atoms with Crippen molar-refractivity contribution >= 4 is 0 Å². The molecular formula is C17H28N2. The van der Waals surface area contributed by atoms with Crippen LogP contribution in [0.2, 0.25) is 0 Å². The van der Waals surface area contributed by atoms with Crippen molar-refractivity contribution in [3.8, 4) is 0 Å². The summed E-state index contributed by atoms with van der Waals surface area (Å²) in [7, 11) is 0. The van der Waals surface area contributed by atoms with Crippen molar-refractivity contribution in [1.82, 2.24) is 4.90 Å². The van der Waals surface area contributed by atoms with Crippen LogP contribution >= 0.6 is 0 Å². The first-order chi connectivity index (χ1) is 8.94. The highest BCUT2D eigenvalue weighted by Gasteiger charge is 2.29. The monoisotopic (exact) mass is 260 g/mol. The van der Waals surface area contributed by atoms with Crippen LogP contribution in [0.4, 0.5) is 0 Å². The predicted octanol–water partition coefficient (Wildman–Crippen LogP) is 3.27. The molecule has 1 aromatic carbocycles. The molecule has 0 aromatic heterocycles. The van der Waals surface area contributed by atoms with Gasteiger partial charge < -0.3 is 5.73 Å². The van der Waals surface area contributed by atoms with E-state index in [9.17, 15) is 0 Å². The normalized spacial score (nSPS) is 22.6. The Bertz CT molecular complexity index is 380. The maximum Gasteiger partial charge on any atom is 0.0233 e. The Morgan fingerprint density at radius 1 is 1.26 bits per heavy atom. The van der Waals surface area contributed by atoms with Crippen LogP contribution < -0.4 is 5.73 Å². The molecule has 1 aliphatic heterocycles. The van der Waals surface area contributed by atoms with Crippen molar-refractivity contribution in [3.63, 3.8) is 0 Å². The van der Waals surface area contributed by atoms with Gasteiger partial charge in [0, 0.05) is 19.1 Å². The molecule has 2 atom stereocenters. The van der Waals surface area contributed by atoms with Gasteiger partial charge in [-0.15, -0.1) is 0 Å². The Hall–Kier alpha value is -0.860. The van der Waals surface area contributed by atoms with E-state index in [4.69, 9.17) is 5.73 Å².